The van der Waals surface area contributed by atoms with E-state index in [4.69, 9.17) is 10.5 Å². The van der Waals surface area contributed by atoms with Gasteiger partial charge in [0, 0.05) is 10.5 Å². The number of hydrogen-bond donors (Lipinski definition) is 2. The number of amides is 1. The second-order valence-corrected chi connectivity index (χ2v) is 4.85. The van der Waals surface area contributed by atoms with Gasteiger partial charge in [-0.05, 0) is 40.2 Å². The third-order valence-electron chi connectivity index (χ3n) is 2.48. The van der Waals surface area contributed by atoms with Crippen LogP contribution in [-0.4, -0.2) is 12.5 Å². The number of rotatable bonds is 4. The molecule has 0 radical (unpaired) electrons. The number of benzene rings is 2. The van der Waals surface area contributed by atoms with Gasteiger partial charge in [0.05, 0.1) is 11.4 Å². The SMILES string of the molecule is Nc1ccc(F)cc1OCC(=O)Nc1ccccc1Br. The average Bonchev–Trinajstić information content (AvgIpc) is 2.42. The van der Waals surface area contributed by atoms with E-state index in [1.807, 2.05) is 6.07 Å². The van der Waals surface area contributed by atoms with E-state index in [-0.39, 0.29) is 24.0 Å². The molecule has 0 saturated heterocycles. The first kappa shape index (κ1) is 14.3. The van der Waals surface area contributed by atoms with Crippen LogP contribution in [0.3, 0.4) is 0 Å². The molecule has 2 aromatic carbocycles. The van der Waals surface area contributed by atoms with Crippen molar-refractivity contribution < 1.29 is 13.9 Å². The minimum Gasteiger partial charge on any atom is -0.481 e. The number of nitrogens with two attached hydrogens (primary N) is 1. The maximum Gasteiger partial charge on any atom is 0.262 e. The van der Waals surface area contributed by atoms with Crippen molar-refractivity contribution in [2.75, 3.05) is 17.7 Å². The third-order valence-corrected chi connectivity index (χ3v) is 3.17. The molecule has 3 N–H and O–H groups in total. The summed E-state index contributed by atoms with van der Waals surface area (Å²) in [6.07, 6.45) is 0. The fourth-order valence-electron chi connectivity index (χ4n) is 1.53. The van der Waals surface area contributed by atoms with Gasteiger partial charge in [-0.2, -0.15) is 0 Å². The number of anilines is 2. The van der Waals surface area contributed by atoms with Gasteiger partial charge in [0.15, 0.2) is 6.61 Å². The van der Waals surface area contributed by atoms with Crippen LogP contribution in [-0.2, 0) is 4.79 Å². The van der Waals surface area contributed by atoms with E-state index in [0.29, 0.717) is 5.69 Å². The second kappa shape index (κ2) is 6.38. The molecule has 0 aromatic heterocycles. The molecule has 0 aliphatic heterocycles. The minimum atomic E-state index is -0.472. The van der Waals surface area contributed by atoms with Gasteiger partial charge in [0.25, 0.3) is 5.91 Å². The van der Waals surface area contributed by atoms with E-state index < -0.39 is 5.82 Å². The van der Waals surface area contributed by atoms with Gasteiger partial charge in [-0.1, -0.05) is 12.1 Å². The lowest BCUT2D eigenvalue weighted by Gasteiger charge is -2.10. The summed E-state index contributed by atoms with van der Waals surface area (Å²) in [7, 11) is 0. The lowest BCUT2D eigenvalue weighted by atomic mass is 10.3. The van der Waals surface area contributed by atoms with Gasteiger partial charge in [0.1, 0.15) is 11.6 Å². The Balaban J connectivity index is 1.96. The maximum absolute atomic E-state index is 13.0. The zero-order valence-corrected chi connectivity index (χ0v) is 12.0. The number of para-hydroxylation sites is 1. The highest BCUT2D eigenvalue weighted by molar-refractivity contribution is 9.10. The normalized spacial score (nSPS) is 10.1. The average molecular weight is 339 g/mol. The van der Waals surface area contributed by atoms with Crippen LogP contribution in [0.4, 0.5) is 15.8 Å². The van der Waals surface area contributed by atoms with Gasteiger partial charge < -0.3 is 15.8 Å². The molecular weight excluding hydrogens is 327 g/mol. The molecular formula is C14H12BrFN2O2. The lowest BCUT2D eigenvalue weighted by Crippen LogP contribution is -2.20. The van der Waals surface area contributed by atoms with E-state index in [0.717, 1.165) is 10.5 Å². The number of nitrogens with one attached hydrogen (secondary N) is 1. The number of carbonyl (C=O) groups is 1. The van der Waals surface area contributed by atoms with Crippen molar-refractivity contribution in [3.8, 4) is 5.75 Å². The van der Waals surface area contributed by atoms with Crippen molar-refractivity contribution in [3.63, 3.8) is 0 Å². The van der Waals surface area contributed by atoms with Crippen LogP contribution in [0.1, 0.15) is 0 Å². The van der Waals surface area contributed by atoms with Crippen LogP contribution < -0.4 is 15.8 Å². The lowest BCUT2D eigenvalue weighted by molar-refractivity contribution is -0.118. The number of carbonyl (C=O) groups excluding carboxylic acids is 1. The van der Waals surface area contributed by atoms with Crippen molar-refractivity contribution in [3.05, 3.63) is 52.8 Å². The van der Waals surface area contributed by atoms with E-state index in [2.05, 4.69) is 21.2 Å². The Hall–Kier alpha value is -2.08. The summed E-state index contributed by atoms with van der Waals surface area (Å²) in [5.41, 5.74) is 6.53. The van der Waals surface area contributed by atoms with Gasteiger partial charge in [-0.25, -0.2) is 4.39 Å². The molecule has 0 spiro atoms. The fourth-order valence-corrected chi connectivity index (χ4v) is 1.91. The molecule has 4 nitrogen and oxygen atoms in total. The zero-order valence-electron chi connectivity index (χ0n) is 10.4. The van der Waals surface area contributed by atoms with Crippen LogP contribution in [0, 0.1) is 5.82 Å². The van der Waals surface area contributed by atoms with Gasteiger partial charge in [-0.15, -0.1) is 0 Å². The molecule has 0 bridgehead atoms. The Labute approximate surface area is 123 Å². The maximum atomic E-state index is 13.0. The molecule has 2 rings (SSSR count). The summed E-state index contributed by atoms with van der Waals surface area (Å²) in [6.45, 7) is -0.255. The molecule has 2 aromatic rings. The predicted molar refractivity (Wildman–Crippen MR) is 79.1 cm³/mol. The van der Waals surface area contributed by atoms with Crippen molar-refractivity contribution >= 4 is 33.2 Å². The summed E-state index contributed by atoms with van der Waals surface area (Å²) < 4.78 is 19.0. The van der Waals surface area contributed by atoms with E-state index in [1.165, 1.54) is 12.1 Å². The van der Waals surface area contributed by atoms with Crippen molar-refractivity contribution in [2.24, 2.45) is 0 Å². The molecule has 0 aliphatic rings. The van der Waals surface area contributed by atoms with E-state index >= 15 is 0 Å². The van der Waals surface area contributed by atoms with E-state index in [9.17, 15) is 9.18 Å². The molecule has 0 aliphatic carbocycles. The summed E-state index contributed by atoms with van der Waals surface area (Å²) >= 11 is 3.32. The largest absolute Gasteiger partial charge is 0.481 e. The second-order valence-electron chi connectivity index (χ2n) is 4.00. The molecule has 6 heteroatoms. The summed E-state index contributed by atoms with van der Waals surface area (Å²) in [4.78, 5) is 11.7. The van der Waals surface area contributed by atoms with Gasteiger partial charge in [-0.3, -0.25) is 4.79 Å². The van der Waals surface area contributed by atoms with Crippen LogP contribution in [0.25, 0.3) is 0 Å². The van der Waals surface area contributed by atoms with Crippen LogP contribution >= 0.6 is 15.9 Å². The first-order chi connectivity index (χ1) is 9.56. The van der Waals surface area contributed by atoms with Crippen LogP contribution in [0.5, 0.6) is 5.75 Å². The standard InChI is InChI=1S/C14H12BrFN2O2/c15-10-3-1-2-4-12(10)18-14(19)8-20-13-7-9(16)5-6-11(13)17/h1-7H,8,17H2,(H,18,19). The van der Waals surface area contributed by atoms with Crippen molar-refractivity contribution in [1.29, 1.82) is 0 Å². The Morgan fingerprint density at radius 1 is 1.30 bits per heavy atom. The Kier molecular flexibility index (Phi) is 4.57. The van der Waals surface area contributed by atoms with Crippen molar-refractivity contribution in [1.82, 2.24) is 0 Å². The topological polar surface area (TPSA) is 64.3 Å². The highest BCUT2D eigenvalue weighted by atomic mass is 79.9. The summed E-state index contributed by atoms with van der Waals surface area (Å²) in [6, 6.07) is 10.9. The predicted octanol–water partition coefficient (Wildman–Crippen LogP) is 3.19. The first-order valence-corrected chi connectivity index (χ1v) is 6.58. The smallest absolute Gasteiger partial charge is 0.262 e. The number of halogens is 2. The summed E-state index contributed by atoms with van der Waals surface area (Å²) in [5, 5.41) is 2.67. The summed E-state index contributed by atoms with van der Waals surface area (Å²) in [5.74, 6) is -0.687. The van der Waals surface area contributed by atoms with Crippen LogP contribution in [0.15, 0.2) is 46.9 Å². The van der Waals surface area contributed by atoms with Crippen LogP contribution in [0.2, 0.25) is 0 Å². The molecule has 104 valence electrons. The van der Waals surface area contributed by atoms with Gasteiger partial charge in [0.2, 0.25) is 0 Å². The molecule has 0 atom stereocenters. The fraction of sp³-hybridized carbons (Fsp3) is 0.0714. The minimum absolute atomic E-state index is 0.146. The molecule has 1 amide bonds. The molecule has 20 heavy (non-hydrogen) atoms. The quantitative estimate of drug-likeness (QED) is 0.841. The third kappa shape index (κ3) is 3.71. The molecule has 0 fully saturated rings. The first-order valence-electron chi connectivity index (χ1n) is 5.78. The van der Waals surface area contributed by atoms with E-state index in [1.54, 1.807) is 18.2 Å². The monoisotopic (exact) mass is 338 g/mol. The zero-order chi connectivity index (χ0) is 14.5. The highest BCUT2D eigenvalue weighted by Crippen LogP contribution is 2.23. The molecule has 0 saturated carbocycles. The number of ether oxygens (including phenoxy) is 1. The Morgan fingerprint density at radius 2 is 2.05 bits per heavy atom. The highest BCUT2D eigenvalue weighted by Gasteiger charge is 2.08. The molecule has 0 unspecified atom stereocenters. The number of hydrogen-bond acceptors (Lipinski definition) is 3. The Morgan fingerprint density at radius 3 is 2.80 bits per heavy atom. The van der Waals surface area contributed by atoms with Crippen molar-refractivity contribution in [2.45, 2.75) is 0 Å². The molecule has 0 heterocycles. The Bertz CT molecular complexity index is 634. The van der Waals surface area contributed by atoms with Gasteiger partial charge >= 0.3 is 0 Å². The number of nitrogen functional groups attached to an aromatic ring is 1.